The Labute approximate surface area is 220 Å². The van der Waals surface area contributed by atoms with Crippen molar-refractivity contribution >= 4 is 11.9 Å². The molecule has 0 spiro atoms. The van der Waals surface area contributed by atoms with E-state index in [1.54, 1.807) is 9.80 Å². The SMILES string of the molecule is C[C@H](CO)N1C[C@H](C)[C@H](CN(C)C(=O)NC2CCCCC2)OCc2ccccc2-c2ccccc2C1=O. The maximum absolute atomic E-state index is 13.9. The van der Waals surface area contributed by atoms with Crippen LogP contribution in [0, 0.1) is 5.92 Å². The lowest BCUT2D eigenvalue weighted by Gasteiger charge is -2.35. The number of carbonyl (C=O) groups excluding carboxylic acids is 2. The quantitative estimate of drug-likeness (QED) is 0.615. The highest BCUT2D eigenvalue weighted by molar-refractivity contribution is 6.01. The van der Waals surface area contributed by atoms with Gasteiger partial charge in [-0.05, 0) is 42.5 Å². The molecule has 4 rings (SSSR count). The van der Waals surface area contributed by atoms with E-state index in [1.807, 2.05) is 62.5 Å². The number of carbonyl (C=O) groups is 2. The average molecular weight is 508 g/mol. The van der Waals surface area contributed by atoms with E-state index in [0.29, 0.717) is 25.3 Å². The van der Waals surface area contributed by atoms with Crippen LogP contribution in [0.1, 0.15) is 61.9 Å². The maximum Gasteiger partial charge on any atom is 0.317 e. The molecule has 3 amide bonds. The van der Waals surface area contributed by atoms with Crippen molar-refractivity contribution < 1.29 is 19.4 Å². The number of ether oxygens (including phenoxy) is 1. The predicted molar refractivity (Wildman–Crippen MR) is 145 cm³/mol. The Morgan fingerprint density at radius 1 is 1.08 bits per heavy atom. The molecule has 0 unspecified atom stereocenters. The molecule has 2 aromatic rings. The number of aliphatic hydroxyl groups is 1. The van der Waals surface area contributed by atoms with Crippen molar-refractivity contribution in [1.82, 2.24) is 15.1 Å². The molecule has 1 heterocycles. The van der Waals surface area contributed by atoms with Gasteiger partial charge in [0.15, 0.2) is 0 Å². The first kappa shape index (κ1) is 27.1. The highest BCUT2D eigenvalue weighted by atomic mass is 16.5. The third-order valence-corrected chi connectivity index (χ3v) is 7.83. The largest absolute Gasteiger partial charge is 0.394 e. The molecule has 1 aliphatic heterocycles. The van der Waals surface area contributed by atoms with Crippen molar-refractivity contribution in [3.05, 3.63) is 59.7 Å². The Morgan fingerprint density at radius 2 is 1.73 bits per heavy atom. The van der Waals surface area contributed by atoms with Crippen LogP contribution in [-0.4, -0.2) is 71.8 Å². The molecule has 2 aliphatic rings. The predicted octanol–water partition coefficient (Wildman–Crippen LogP) is 4.69. The van der Waals surface area contributed by atoms with E-state index in [0.717, 1.165) is 42.4 Å². The van der Waals surface area contributed by atoms with Crippen molar-refractivity contribution in [2.24, 2.45) is 5.92 Å². The summed E-state index contributed by atoms with van der Waals surface area (Å²) in [5.41, 5.74) is 3.43. The van der Waals surface area contributed by atoms with Crippen LogP contribution >= 0.6 is 0 Å². The Kier molecular flexibility index (Phi) is 9.22. The van der Waals surface area contributed by atoms with E-state index in [1.165, 1.54) is 6.42 Å². The fourth-order valence-corrected chi connectivity index (χ4v) is 5.44. The molecule has 7 nitrogen and oxygen atoms in total. The first-order valence-electron chi connectivity index (χ1n) is 13.6. The third kappa shape index (κ3) is 6.51. The van der Waals surface area contributed by atoms with Gasteiger partial charge in [-0.25, -0.2) is 4.79 Å². The second-order valence-corrected chi connectivity index (χ2v) is 10.7. The summed E-state index contributed by atoms with van der Waals surface area (Å²) >= 11 is 0. The Hall–Kier alpha value is -2.90. The van der Waals surface area contributed by atoms with Gasteiger partial charge in [0.1, 0.15) is 0 Å². The van der Waals surface area contributed by atoms with Gasteiger partial charge in [-0.3, -0.25) is 4.79 Å². The molecule has 3 atom stereocenters. The van der Waals surface area contributed by atoms with E-state index in [2.05, 4.69) is 12.2 Å². The minimum Gasteiger partial charge on any atom is -0.394 e. The van der Waals surface area contributed by atoms with E-state index >= 15 is 0 Å². The lowest BCUT2D eigenvalue weighted by molar-refractivity contribution is -0.0185. The lowest BCUT2D eigenvalue weighted by atomic mass is 9.94. The van der Waals surface area contributed by atoms with Crippen molar-refractivity contribution in [3.63, 3.8) is 0 Å². The van der Waals surface area contributed by atoms with Gasteiger partial charge in [0.25, 0.3) is 5.91 Å². The van der Waals surface area contributed by atoms with Crippen LogP contribution in [0.5, 0.6) is 0 Å². The van der Waals surface area contributed by atoms with Crippen LogP contribution in [0.3, 0.4) is 0 Å². The maximum atomic E-state index is 13.9. The van der Waals surface area contributed by atoms with Crippen LogP contribution in [0.4, 0.5) is 4.79 Å². The van der Waals surface area contributed by atoms with Crippen molar-refractivity contribution in [2.45, 2.75) is 70.7 Å². The number of fused-ring (bicyclic) bond motifs is 3. The first-order chi connectivity index (χ1) is 17.9. The van der Waals surface area contributed by atoms with Gasteiger partial charge in [-0.1, -0.05) is 68.7 Å². The lowest BCUT2D eigenvalue weighted by Crippen LogP contribution is -2.50. The molecule has 2 aromatic carbocycles. The van der Waals surface area contributed by atoms with Crippen LogP contribution in [0.15, 0.2) is 48.5 Å². The summed E-state index contributed by atoms with van der Waals surface area (Å²) in [5.74, 6) is -0.178. The normalized spacial score (nSPS) is 21.8. The van der Waals surface area contributed by atoms with Crippen molar-refractivity contribution in [2.75, 3.05) is 26.7 Å². The zero-order valence-electron chi connectivity index (χ0n) is 22.4. The van der Waals surface area contributed by atoms with Gasteiger partial charge in [-0.15, -0.1) is 0 Å². The summed E-state index contributed by atoms with van der Waals surface area (Å²) < 4.78 is 6.51. The number of nitrogens with one attached hydrogen (secondary N) is 1. The molecule has 1 saturated carbocycles. The van der Waals surface area contributed by atoms with E-state index < -0.39 is 0 Å². The van der Waals surface area contributed by atoms with Crippen LogP contribution in [0.25, 0.3) is 11.1 Å². The molecule has 0 radical (unpaired) electrons. The smallest absolute Gasteiger partial charge is 0.317 e. The zero-order chi connectivity index (χ0) is 26.4. The van der Waals surface area contributed by atoms with E-state index in [9.17, 15) is 14.7 Å². The fraction of sp³-hybridized carbons (Fsp3) is 0.533. The molecular weight excluding hydrogens is 466 g/mol. The van der Waals surface area contributed by atoms with Crippen molar-refractivity contribution in [3.8, 4) is 11.1 Å². The number of aliphatic hydroxyl groups excluding tert-OH is 1. The molecule has 0 bridgehead atoms. The van der Waals surface area contributed by atoms with Crippen LogP contribution < -0.4 is 5.32 Å². The van der Waals surface area contributed by atoms with Gasteiger partial charge < -0.3 is 25.0 Å². The van der Waals surface area contributed by atoms with Gasteiger partial charge in [0, 0.05) is 37.7 Å². The first-order valence-corrected chi connectivity index (χ1v) is 13.6. The summed E-state index contributed by atoms with van der Waals surface area (Å²) in [6, 6.07) is 15.4. The monoisotopic (exact) mass is 507 g/mol. The third-order valence-electron chi connectivity index (χ3n) is 7.83. The second-order valence-electron chi connectivity index (χ2n) is 10.7. The highest BCUT2D eigenvalue weighted by Gasteiger charge is 2.31. The average Bonchev–Trinajstić information content (AvgIpc) is 2.94. The number of hydrogen-bond acceptors (Lipinski definition) is 4. The molecule has 37 heavy (non-hydrogen) atoms. The van der Waals surface area contributed by atoms with Crippen LogP contribution in [0.2, 0.25) is 0 Å². The minimum absolute atomic E-state index is 0.0692. The number of nitrogens with zero attached hydrogens (tertiary/aromatic N) is 2. The Balaban J connectivity index is 1.62. The standard InChI is InChI=1S/C30H41N3O4/c1-21-17-33(22(2)19-34)29(35)27-16-10-9-15-26(27)25-14-8-7-11-23(25)20-37-28(21)18-32(3)30(36)31-24-12-5-4-6-13-24/h7-11,14-16,21-22,24,28,34H,4-6,12-13,17-20H2,1-3H3,(H,31,36)/t21-,22+,28-/m0/s1. The van der Waals surface area contributed by atoms with Crippen molar-refractivity contribution in [1.29, 1.82) is 0 Å². The second kappa shape index (κ2) is 12.6. The fourth-order valence-electron chi connectivity index (χ4n) is 5.44. The van der Waals surface area contributed by atoms with E-state index in [4.69, 9.17) is 4.74 Å². The minimum atomic E-state index is -0.355. The van der Waals surface area contributed by atoms with Crippen LogP contribution in [-0.2, 0) is 11.3 Å². The summed E-state index contributed by atoms with van der Waals surface area (Å²) in [5, 5.41) is 13.2. The van der Waals surface area contributed by atoms with Gasteiger partial charge in [-0.2, -0.15) is 0 Å². The number of benzene rings is 2. The van der Waals surface area contributed by atoms with E-state index in [-0.39, 0.29) is 42.7 Å². The molecule has 1 fully saturated rings. The van der Waals surface area contributed by atoms with Gasteiger partial charge in [0.05, 0.1) is 25.4 Å². The number of rotatable bonds is 5. The summed E-state index contributed by atoms with van der Waals surface area (Å²) in [4.78, 5) is 30.3. The summed E-state index contributed by atoms with van der Waals surface area (Å²) in [6.45, 7) is 4.98. The Bertz CT molecular complexity index is 1070. The zero-order valence-corrected chi connectivity index (χ0v) is 22.4. The van der Waals surface area contributed by atoms with Gasteiger partial charge >= 0.3 is 6.03 Å². The summed E-state index contributed by atoms with van der Waals surface area (Å²) in [7, 11) is 1.81. The molecule has 7 heteroatoms. The number of hydrogen-bond donors (Lipinski definition) is 2. The molecule has 0 aromatic heterocycles. The molecule has 2 N–H and O–H groups in total. The number of amides is 3. The molecular formula is C30H41N3O4. The Morgan fingerprint density at radius 3 is 2.43 bits per heavy atom. The number of urea groups is 1. The molecule has 200 valence electrons. The highest BCUT2D eigenvalue weighted by Crippen LogP contribution is 2.31. The summed E-state index contributed by atoms with van der Waals surface area (Å²) in [6.07, 6.45) is 5.32. The van der Waals surface area contributed by atoms with Gasteiger partial charge in [0.2, 0.25) is 0 Å². The molecule has 1 aliphatic carbocycles. The topological polar surface area (TPSA) is 82.1 Å². The number of likely N-dealkylation sites (N-methyl/N-ethyl adjacent to an activating group) is 1. The molecule has 0 saturated heterocycles.